The van der Waals surface area contributed by atoms with Crippen molar-refractivity contribution in [3.8, 4) is 0 Å². The van der Waals surface area contributed by atoms with Gasteiger partial charge in [0, 0.05) is 50.2 Å². The molecule has 1 rings (SSSR count). The van der Waals surface area contributed by atoms with Crippen molar-refractivity contribution in [2.75, 3.05) is 65.8 Å². The molecule has 0 aromatic carbocycles. The van der Waals surface area contributed by atoms with Gasteiger partial charge in [0.2, 0.25) is 0 Å². The number of nitrogens with zero attached hydrogens (tertiary/aromatic N) is 2. The number of carbonyl (C=O) groups is 2. The molecule has 0 radical (unpaired) electrons. The van der Waals surface area contributed by atoms with Gasteiger partial charge >= 0.3 is 11.4 Å². The zero-order valence-corrected chi connectivity index (χ0v) is 22.1. The molecule has 200 valence electrons. The monoisotopic (exact) mass is 506 g/mol. The van der Waals surface area contributed by atoms with Crippen LogP contribution in [-0.2, 0) is 19.0 Å². The van der Waals surface area contributed by atoms with Crippen LogP contribution in [0.25, 0.3) is 0 Å². The van der Waals surface area contributed by atoms with Crippen molar-refractivity contribution < 1.29 is 28.9 Å². The third kappa shape index (κ3) is 16.7. The minimum Gasteiger partial charge on any atom is -0.463 e. The van der Waals surface area contributed by atoms with Crippen LogP contribution in [-0.4, -0.2) is 98.1 Å². The van der Waals surface area contributed by atoms with Gasteiger partial charge in [-0.1, -0.05) is 33.1 Å². The number of carbonyl (C=O) groups excluding carboxylic acids is 2. The lowest BCUT2D eigenvalue weighted by Crippen LogP contribution is -2.43. The second-order valence-electron chi connectivity index (χ2n) is 9.47. The molecule has 0 heterocycles. The Balaban J connectivity index is 2.33. The van der Waals surface area contributed by atoms with Crippen molar-refractivity contribution in [3.63, 3.8) is 0 Å². The fraction of sp³-hybridized carbons (Fsp3) is 0.920. The molecule has 1 aliphatic rings. The zero-order valence-electron chi connectivity index (χ0n) is 21.4. The summed E-state index contributed by atoms with van der Waals surface area (Å²) in [5, 5.41) is 9.49. The second kappa shape index (κ2) is 20.3. The lowest BCUT2D eigenvalue weighted by molar-refractivity contribution is -0.146. The molecule has 0 atom stereocenters. The minimum atomic E-state index is -0.732. The van der Waals surface area contributed by atoms with Crippen molar-refractivity contribution in [3.05, 3.63) is 0 Å². The van der Waals surface area contributed by atoms with Gasteiger partial charge < -0.3 is 19.3 Å². The number of hydrogen-bond acceptors (Lipinski definition) is 8. The summed E-state index contributed by atoms with van der Waals surface area (Å²) < 4.78 is 15.6. The molecule has 9 heteroatoms. The highest BCUT2D eigenvalue weighted by molar-refractivity contribution is 6.61. The van der Waals surface area contributed by atoms with Crippen LogP contribution in [0.1, 0.15) is 71.6 Å². The maximum absolute atomic E-state index is 11.6. The standard InChI is InChI=1S/C25H47ClN2O6/c1-22(2)21-24(30)33-20-19-32-18-15-27(14-16-29)12-13-28(23-9-5-3-6-10-23)11-7-4-8-17-34-25(26)31/h22-23,29H,3-21H2,1-2H3. The van der Waals surface area contributed by atoms with Gasteiger partial charge in [0.25, 0.3) is 0 Å². The predicted octanol–water partition coefficient (Wildman–Crippen LogP) is 4.07. The first-order valence-corrected chi connectivity index (χ1v) is 13.4. The van der Waals surface area contributed by atoms with Crippen molar-refractivity contribution in [1.82, 2.24) is 9.80 Å². The van der Waals surface area contributed by atoms with Gasteiger partial charge in [-0.15, -0.1) is 0 Å². The smallest absolute Gasteiger partial charge is 0.403 e. The number of aliphatic hydroxyl groups is 1. The summed E-state index contributed by atoms with van der Waals surface area (Å²) in [4.78, 5) is 27.1. The first kappa shape index (κ1) is 31.1. The van der Waals surface area contributed by atoms with E-state index in [1.807, 2.05) is 13.8 Å². The van der Waals surface area contributed by atoms with Crippen LogP contribution in [0.3, 0.4) is 0 Å². The van der Waals surface area contributed by atoms with Gasteiger partial charge in [0.05, 0.1) is 26.4 Å². The van der Waals surface area contributed by atoms with Gasteiger partial charge in [0.15, 0.2) is 0 Å². The fourth-order valence-corrected chi connectivity index (χ4v) is 4.40. The number of halogens is 1. The molecule has 1 N–H and O–H groups in total. The van der Waals surface area contributed by atoms with Gasteiger partial charge in [0.1, 0.15) is 6.61 Å². The molecule has 8 nitrogen and oxygen atoms in total. The zero-order chi connectivity index (χ0) is 25.0. The molecular weight excluding hydrogens is 460 g/mol. The van der Waals surface area contributed by atoms with E-state index in [1.165, 1.54) is 32.1 Å². The number of rotatable bonds is 20. The lowest BCUT2D eigenvalue weighted by atomic mass is 9.94. The highest BCUT2D eigenvalue weighted by atomic mass is 35.5. The highest BCUT2D eigenvalue weighted by Crippen LogP contribution is 2.23. The predicted molar refractivity (Wildman–Crippen MR) is 134 cm³/mol. The van der Waals surface area contributed by atoms with Crippen LogP contribution in [0.15, 0.2) is 0 Å². The van der Waals surface area contributed by atoms with E-state index < -0.39 is 5.43 Å². The maximum atomic E-state index is 11.6. The van der Waals surface area contributed by atoms with Crippen molar-refractivity contribution in [1.29, 1.82) is 0 Å². The van der Waals surface area contributed by atoms with E-state index in [4.69, 9.17) is 25.8 Å². The molecular formula is C25H47ClN2O6. The summed E-state index contributed by atoms with van der Waals surface area (Å²) in [7, 11) is 0. The first-order chi connectivity index (χ1) is 16.4. The normalized spacial score (nSPS) is 14.8. The minimum absolute atomic E-state index is 0.121. The van der Waals surface area contributed by atoms with Crippen LogP contribution in [0, 0.1) is 5.92 Å². The van der Waals surface area contributed by atoms with Crippen LogP contribution in [0.5, 0.6) is 0 Å². The molecule has 0 aliphatic heterocycles. The third-order valence-corrected chi connectivity index (χ3v) is 6.24. The van der Waals surface area contributed by atoms with E-state index in [1.54, 1.807) is 0 Å². The van der Waals surface area contributed by atoms with E-state index in [9.17, 15) is 14.7 Å². The number of unbranched alkanes of at least 4 members (excludes halogenated alkanes) is 2. The molecule has 0 unspecified atom stereocenters. The lowest BCUT2D eigenvalue weighted by Gasteiger charge is -2.36. The molecule has 1 saturated carbocycles. The number of hydrogen-bond donors (Lipinski definition) is 1. The van der Waals surface area contributed by atoms with Crippen LogP contribution >= 0.6 is 11.6 Å². The second-order valence-corrected chi connectivity index (χ2v) is 9.78. The Morgan fingerprint density at radius 1 is 0.882 bits per heavy atom. The summed E-state index contributed by atoms with van der Waals surface area (Å²) in [6.45, 7) is 9.95. The quantitative estimate of drug-likeness (QED) is 0.150. The fourth-order valence-electron chi connectivity index (χ4n) is 4.32. The Morgan fingerprint density at radius 3 is 2.32 bits per heavy atom. The summed E-state index contributed by atoms with van der Waals surface area (Å²) in [5.41, 5.74) is -0.732. The molecule has 1 aliphatic carbocycles. The number of ether oxygens (including phenoxy) is 3. The van der Waals surface area contributed by atoms with Gasteiger partial charge in [-0.2, -0.15) is 0 Å². The molecule has 0 spiro atoms. The van der Waals surface area contributed by atoms with Gasteiger partial charge in [-0.05, 0) is 44.6 Å². The molecule has 1 fully saturated rings. The van der Waals surface area contributed by atoms with E-state index >= 15 is 0 Å². The Morgan fingerprint density at radius 2 is 1.65 bits per heavy atom. The Bertz CT molecular complexity index is 532. The average molecular weight is 507 g/mol. The molecule has 34 heavy (non-hydrogen) atoms. The summed E-state index contributed by atoms with van der Waals surface area (Å²) in [6.07, 6.45) is 9.75. The van der Waals surface area contributed by atoms with Crippen molar-refractivity contribution in [2.24, 2.45) is 5.92 Å². The Kier molecular flexibility index (Phi) is 18.6. The highest BCUT2D eigenvalue weighted by Gasteiger charge is 2.21. The number of aliphatic hydroxyl groups excluding tert-OH is 1. The molecule has 0 saturated heterocycles. The third-order valence-electron chi connectivity index (χ3n) is 6.13. The molecule has 0 aromatic heterocycles. The largest absolute Gasteiger partial charge is 0.463 e. The van der Waals surface area contributed by atoms with E-state index in [-0.39, 0.29) is 19.2 Å². The van der Waals surface area contributed by atoms with E-state index in [2.05, 4.69) is 9.80 Å². The SMILES string of the molecule is CC(C)CC(=O)OCCOCCN(CCO)CCN(CCCCCOC(=O)Cl)C1CCCCC1. The van der Waals surface area contributed by atoms with Crippen LogP contribution in [0.2, 0.25) is 0 Å². The molecule has 0 amide bonds. The first-order valence-electron chi connectivity index (χ1n) is 13.0. The van der Waals surface area contributed by atoms with Crippen LogP contribution in [0.4, 0.5) is 4.79 Å². The molecule has 0 bridgehead atoms. The summed E-state index contributed by atoms with van der Waals surface area (Å²) in [6, 6.07) is 0.627. The van der Waals surface area contributed by atoms with Gasteiger partial charge in [-0.25, -0.2) is 4.79 Å². The van der Waals surface area contributed by atoms with Crippen molar-refractivity contribution >= 4 is 23.0 Å². The summed E-state index contributed by atoms with van der Waals surface area (Å²) in [5.74, 6) is 0.118. The Hall–Kier alpha value is -0.930. The molecule has 0 aromatic rings. The van der Waals surface area contributed by atoms with E-state index in [0.717, 1.165) is 45.4 Å². The average Bonchev–Trinajstić information content (AvgIpc) is 2.80. The summed E-state index contributed by atoms with van der Waals surface area (Å²) >= 11 is 5.21. The Labute approximate surface area is 211 Å². The number of esters is 1. The van der Waals surface area contributed by atoms with Crippen LogP contribution < -0.4 is 0 Å². The maximum Gasteiger partial charge on any atom is 0.403 e. The van der Waals surface area contributed by atoms with Gasteiger partial charge in [-0.3, -0.25) is 14.6 Å². The topological polar surface area (TPSA) is 88.5 Å². The van der Waals surface area contributed by atoms with E-state index in [0.29, 0.717) is 44.7 Å². The van der Waals surface area contributed by atoms with Crippen molar-refractivity contribution in [2.45, 2.75) is 77.7 Å².